The van der Waals surface area contributed by atoms with E-state index in [0.29, 0.717) is 0 Å². The van der Waals surface area contributed by atoms with Gasteiger partial charge < -0.3 is 11.1 Å². The van der Waals surface area contributed by atoms with Crippen molar-refractivity contribution in [2.45, 2.75) is 32.5 Å². The van der Waals surface area contributed by atoms with Gasteiger partial charge in [-0.15, -0.1) is 0 Å². The second kappa shape index (κ2) is 3.10. The fourth-order valence-corrected chi connectivity index (χ4v) is 1.20. The van der Waals surface area contributed by atoms with Gasteiger partial charge in [-0.1, -0.05) is 0 Å². The lowest BCUT2D eigenvalue weighted by Crippen LogP contribution is -2.59. The molecule has 0 radical (unpaired) electrons. The molecule has 5 heteroatoms. The van der Waals surface area contributed by atoms with Gasteiger partial charge in [0.15, 0.2) is 0 Å². The Hall–Kier alpha value is -1.10. The van der Waals surface area contributed by atoms with Crippen molar-refractivity contribution in [3.05, 3.63) is 0 Å². The second-order valence-electron chi connectivity index (χ2n) is 3.12. The average Bonchev–Trinajstić information content (AvgIpc) is 1.82. The van der Waals surface area contributed by atoms with E-state index in [9.17, 15) is 9.59 Å². The average molecular weight is 171 g/mol. The molecule has 1 rings (SSSR count). The summed E-state index contributed by atoms with van der Waals surface area (Å²) in [5.41, 5.74) is 5.40. The van der Waals surface area contributed by atoms with Gasteiger partial charge in [-0.2, -0.15) is 0 Å². The molecular formula is C7H13N3O2. The molecule has 3 amide bonds. The molecule has 0 aliphatic carbocycles. The highest BCUT2D eigenvalue weighted by molar-refractivity contribution is 5.97. The Morgan fingerprint density at radius 3 is 2.58 bits per heavy atom. The van der Waals surface area contributed by atoms with E-state index in [1.807, 2.05) is 0 Å². The Morgan fingerprint density at radius 1 is 1.58 bits per heavy atom. The number of rotatable bonds is 1. The maximum absolute atomic E-state index is 11.2. The monoisotopic (exact) mass is 171 g/mol. The van der Waals surface area contributed by atoms with Gasteiger partial charge in [0.1, 0.15) is 0 Å². The lowest BCUT2D eigenvalue weighted by atomic mass is 10.2. The molecule has 1 saturated heterocycles. The quantitative estimate of drug-likeness (QED) is 0.564. The number of nitrogens with one attached hydrogen (secondary N) is 1. The van der Waals surface area contributed by atoms with Crippen molar-refractivity contribution in [2.24, 2.45) is 5.73 Å². The fraction of sp³-hybridized carbons (Fsp3) is 0.714. The number of urea groups is 1. The third-order valence-corrected chi connectivity index (χ3v) is 1.71. The summed E-state index contributed by atoms with van der Waals surface area (Å²) < 4.78 is 0. The minimum atomic E-state index is -0.528. The summed E-state index contributed by atoms with van der Waals surface area (Å²) in [5, 5.41) is 2.48. The number of hydrogen-bond donors (Lipinski definition) is 2. The van der Waals surface area contributed by atoms with Gasteiger partial charge in [0.2, 0.25) is 5.91 Å². The van der Waals surface area contributed by atoms with Gasteiger partial charge in [0, 0.05) is 6.04 Å². The van der Waals surface area contributed by atoms with E-state index in [1.54, 1.807) is 13.8 Å². The van der Waals surface area contributed by atoms with Crippen molar-refractivity contribution in [1.82, 2.24) is 10.2 Å². The van der Waals surface area contributed by atoms with Crippen molar-refractivity contribution < 1.29 is 9.59 Å². The van der Waals surface area contributed by atoms with E-state index < -0.39 is 12.2 Å². The Kier molecular flexibility index (Phi) is 2.32. The molecule has 68 valence electrons. The zero-order chi connectivity index (χ0) is 9.30. The zero-order valence-corrected chi connectivity index (χ0v) is 7.20. The van der Waals surface area contributed by atoms with Crippen LogP contribution in [0.3, 0.4) is 0 Å². The van der Waals surface area contributed by atoms with Crippen molar-refractivity contribution in [1.29, 1.82) is 0 Å². The van der Waals surface area contributed by atoms with E-state index in [-0.39, 0.29) is 18.4 Å². The van der Waals surface area contributed by atoms with Crippen LogP contribution < -0.4 is 11.1 Å². The number of carbonyl (C=O) groups excluding carboxylic acids is 2. The van der Waals surface area contributed by atoms with E-state index in [4.69, 9.17) is 5.73 Å². The first-order chi connectivity index (χ1) is 5.52. The maximum Gasteiger partial charge on any atom is 0.325 e. The molecule has 5 nitrogen and oxygen atoms in total. The number of hydrogen-bond acceptors (Lipinski definition) is 3. The molecule has 0 aromatic rings. The standard InChI is InChI=1S/C7H13N3O2/c1-4(2)10-6(11)3-5(8)9-7(10)12/h4-5H,3,8H2,1-2H3,(H,9,12). The molecule has 0 bridgehead atoms. The summed E-state index contributed by atoms with van der Waals surface area (Å²) in [4.78, 5) is 23.6. The van der Waals surface area contributed by atoms with Crippen LogP contribution in [0.5, 0.6) is 0 Å². The third-order valence-electron chi connectivity index (χ3n) is 1.71. The lowest BCUT2D eigenvalue weighted by molar-refractivity contribution is -0.131. The molecule has 1 aliphatic heterocycles. The van der Waals surface area contributed by atoms with Crippen molar-refractivity contribution in [2.75, 3.05) is 0 Å². The maximum atomic E-state index is 11.2. The van der Waals surface area contributed by atoms with Crippen LogP contribution in [0.1, 0.15) is 20.3 Å². The largest absolute Gasteiger partial charge is 0.325 e. The van der Waals surface area contributed by atoms with Crippen LogP contribution >= 0.6 is 0 Å². The van der Waals surface area contributed by atoms with Crippen LogP contribution in [0.15, 0.2) is 0 Å². The van der Waals surface area contributed by atoms with E-state index in [2.05, 4.69) is 5.32 Å². The molecule has 1 aliphatic rings. The number of amides is 3. The smallest absolute Gasteiger partial charge is 0.322 e. The Labute approximate surface area is 70.9 Å². The predicted molar refractivity (Wildman–Crippen MR) is 43.1 cm³/mol. The van der Waals surface area contributed by atoms with Crippen LogP contribution in [0.2, 0.25) is 0 Å². The summed E-state index contributed by atoms with van der Waals surface area (Å²) in [7, 11) is 0. The zero-order valence-electron chi connectivity index (χ0n) is 7.20. The van der Waals surface area contributed by atoms with Crippen LogP contribution in [0.25, 0.3) is 0 Å². The first-order valence-corrected chi connectivity index (χ1v) is 3.90. The molecular weight excluding hydrogens is 158 g/mol. The first kappa shape index (κ1) is 8.99. The van der Waals surface area contributed by atoms with Gasteiger partial charge in [-0.3, -0.25) is 9.69 Å². The molecule has 0 saturated carbocycles. The molecule has 12 heavy (non-hydrogen) atoms. The number of imide groups is 1. The summed E-state index contributed by atoms with van der Waals surface area (Å²) in [6, 6.07) is -0.501. The normalized spacial score (nSPS) is 24.7. The van der Waals surface area contributed by atoms with E-state index in [1.165, 1.54) is 4.90 Å². The molecule has 1 heterocycles. The highest BCUT2D eigenvalue weighted by Crippen LogP contribution is 2.08. The lowest BCUT2D eigenvalue weighted by Gasteiger charge is -2.31. The van der Waals surface area contributed by atoms with Gasteiger partial charge in [-0.25, -0.2) is 4.79 Å². The third kappa shape index (κ3) is 1.55. The minimum absolute atomic E-state index is 0.106. The first-order valence-electron chi connectivity index (χ1n) is 3.90. The van der Waals surface area contributed by atoms with Crippen LogP contribution in [-0.4, -0.2) is 29.0 Å². The summed E-state index contributed by atoms with van der Waals surface area (Å²) in [5.74, 6) is -0.207. The summed E-state index contributed by atoms with van der Waals surface area (Å²) in [6.45, 7) is 3.57. The highest BCUT2D eigenvalue weighted by atomic mass is 16.2. The van der Waals surface area contributed by atoms with Crippen LogP contribution in [0, 0.1) is 0 Å². The Balaban J connectivity index is 2.74. The summed E-state index contributed by atoms with van der Waals surface area (Å²) in [6.07, 6.45) is -0.343. The topological polar surface area (TPSA) is 75.4 Å². The molecule has 0 spiro atoms. The number of nitrogens with two attached hydrogens (primary N) is 1. The second-order valence-corrected chi connectivity index (χ2v) is 3.12. The van der Waals surface area contributed by atoms with Crippen LogP contribution in [-0.2, 0) is 4.79 Å². The highest BCUT2D eigenvalue weighted by Gasteiger charge is 2.31. The van der Waals surface area contributed by atoms with Crippen molar-refractivity contribution >= 4 is 11.9 Å². The van der Waals surface area contributed by atoms with Crippen LogP contribution in [0.4, 0.5) is 4.79 Å². The fourth-order valence-electron chi connectivity index (χ4n) is 1.20. The van der Waals surface area contributed by atoms with Crippen molar-refractivity contribution in [3.8, 4) is 0 Å². The molecule has 1 atom stereocenters. The van der Waals surface area contributed by atoms with Gasteiger partial charge in [0.05, 0.1) is 12.6 Å². The molecule has 1 fully saturated rings. The van der Waals surface area contributed by atoms with Crippen molar-refractivity contribution in [3.63, 3.8) is 0 Å². The van der Waals surface area contributed by atoms with Gasteiger partial charge in [0.25, 0.3) is 0 Å². The Bertz CT molecular complexity index is 197. The molecule has 1 unspecified atom stereocenters. The molecule has 0 aromatic carbocycles. The predicted octanol–water partition coefficient (Wildman–Crippen LogP) is -0.378. The molecule has 3 N–H and O–H groups in total. The molecule has 0 aromatic heterocycles. The summed E-state index contributed by atoms with van der Waals surface area (Å²) >= 11 is 0. The van der Waals surface area contributed by atoms with E-state index in [0.717, 1.165) is 0 Å². The number of carbonyl (C=O) groups is 2. The SMILES string of the molecule is CC(C)N1C(=O)CC(N)NC1=O. The van der Waals surface area contributed by atoms with Gasteiger partial charge in [-0.05, 0) is 13.8 Å². The Morgan fingerprint density at radius 2 is 2.17 bits per heavy atom. The van der Waals surface area contributed by atoms with Gasteiger partial charge >= 0.3 is 6.03 Å². The number of nitrogens with zero attached hydrogens (tertiary/aromatic N) is 1. The minimum Gasteiger partial charge on any atom is -0.322 e. The van der Waals surface area contributed by atoms with E-state index >= 15 is 0 Å².